The van der Waals surface area contributed by atoms with Crippen LogP contribution < -0.4 is 20.1 Å². The molecule has 33 heavy (non-hydrogen) atoms. The fraction of sp³-hybridized carbons (Fsp3) is 0.429. The van der Waals surface area contributed by atoms with Crippen LogP contribution in [-0.2, 0) is 30.8 Å². The van der Waals surface area contributed by atoms with E-state index in [-0.39, 0.29) is 30.3 Å². The fourth-order valence-electron chi connectivity index (χ4n) is 3.31. The Kier molecular flexibility index (Phi) is 8.31. The van der Waals surface area contributed by atoms with Crippen molar-refractivity contribution in [2.45, 2.75) is 24.0 Å². The third-order valence-corrected chi connectivity index (χ3v) is 6.88. The van der Waals surface area contributed by atoms with E-state index in [9.17, 15) is 18.0 Å². The molecule has 180 valence electrons. The lowest BCUT2D eigenvalue weighted by Crippen LogP contribution is -2.53. The van der Waals surface area contributed by atoms with E-state index in [0.29, 0.717) is 31.0 Å². The summed E-state index contributed by atoms with van der Waals surface area (Å²) < 4.78 is 48.8. The number of nitrogens with one attached hydrogen (secondary N) is 2. The largest absolute Gasteiger partial charge is 0.493 e. The van der Waals surface area contributed by atoms with Gasteiger partial charge >= 0.3 is 11.8 Å². The minimum absolute atomic E-state index is 0.00218. The number of sulfonamides is 1. The van der Waals surface area contributed by atoms with Crippen molar-refractivity contribution in [3.8, 4) is 11.5 Å². The van der Waals surface area contributed by atoms with Gasteiger partial charge in [-0.25, -0.2) is 8.42 Å². The molecule has 0 spiro atoms. The van der Waals surface area contributed by atoms with Gasteiger partial charge in [-0.15, -0.1) is 0 Å². The first-order valence-electron chi connectivity index (χ1n) is 10.3. The number of benzene rings is 1. The minimum Gasteiger partial charge on any atom is -0.493 e. The van der Waals surface area contributed by atoms with Crippen LogP contribution in [0.4, 0.5) is 0 Å². The Hall–Kier alpha value is -3.09. The highest BCUT2D eigenvalue weighted by Gasteiger charge is 2.35. The number of nitrogens with zero attached hydrogens (tertiary/aromatic N) is 1. The molecule has 1 aromatic carbocycles. The van der Waals surface area contributed by atoms with Gasteiger partial charge in [0.15, 0.2) is 11.5 Å². The van der Waals surface area contributed by atoms with Crippen molar-refractivity contribution in [1.29, 1.82) is 0 Å². The molecule has 2 amide bonds. The molecule has 1 aliphatic heterocycles. The Morgan fingerprint density at radius 2 is 1.88 bits per heavy atom. The van der Waals surface area contributed by atoms with Gasteiger partial charge in [-0.2, -0.15) is 4.31 Å². The third-order valence-electron chi connectivity index (χ3n) is 5.00. The maximum absolute atomic E-state index is 13.2. The van der Waals surface area contributed by atoms with Gasteiger partial charge < -0.3 is 29.3 Å². The maximum atomic E-state index is 13.2. The summed E-state index contributed by atoms with van der Waals surface area (Å²) in [5.41, 5.74) is 0. The lowest BCUT2D eigenvalue weighted by atomic mass is 10.3. The van der Waals surface area contributed by atoms with E-state index < -0.39 is 28.1 Å². The summed E-state index contributed by atoms with van der Waals surface area (Å²) in [5, 5.41) is 4.93. The zero-order chi connectivity index (χ0) is 23.8. The summed E-state index contributed by atoms with van der Waals surface area (Å²) in [6, 6.07) is 7.77. The lowest BCUT2D eigenvalue weighted by molar-refractivity contribution is -0.140. The summed E-state index contributed by atoms with van der Waals surface area (Å²) in [7, 11) is -1.10. The zero-order valence-corrected chi connectivity index (χ0v) is 19.2. The van der Waals surface area contributed by atoms with E-state index in [2.05, 4.69) is 10.6 Å². The number of amides is 2. The standard InChI is InChI=1S/C21H27N3O8S/c1-29-17-7-6-16(13-18(17)30-2)33(27,28)24-10-4-12-32-19(24)14-23-21(26)20(25)22-9-8-15-5-3-11-31-15/h3,5-7,11,13,19H,4,8-10,12,14H2,1-2H3,(H,22,25)(H,23,26)/t19-/m0/s1. The SMILES string of the molecule is COc1ccc(S(=O)(=O)N2CCCO[C@H]2CNC(=O)C(=O)NCCc2ccco2)cc1OC. The van der Waals surface area contributed by atoms with Gasteiger partial charge in [0.05, 0.1) is 38.5 Å². The van der Waals surface area contributed by atoms with E-state index in [4.69, 9.17) is 18.6 Å². The molecular formula is C21H27N3O8S. The van der Waals surface area contributed by atoms with E-state index >= 15 is 0 Å². The molecule has 12 heteroatoms. The van der Waals surface area contributed by atoms with Gasteiger partial charge in [0.2, 0.25) is 10.0 Å². The van der Waals surface area contributed by atoms with E-state index in [1.165, 1.54) is 38.7 Å². The van der Waals surface area contributed by atoms with Crippen LogP contribution in [0.5, 0.6) is 11.5 Å². The Morgan fingerprint density at radius 3 is 2.58 bits per heavy atom. The molecule has 2 N–H and O–H groups in total. The molecule has 0 aliphatic carbocycles. The molecule has 1 aliphatic rings. The first-order chi connectivity index (χ1) is 15.9. The van der Waals surface area contributed by atoms with Gasteiger partial charge in [-0.05, 0) is 30.7 Å². The van der Waals surface area contributed by atoms with Gasteiger partial charge in [-0.1, -0.05) is 0 Å². The number of hydrogen-bond acceptors (Lipinski definition) is 8. The molecule has 1 saturated heterocycles. The number of carbonyl (C=O) groups excluding carboxylic acids is 2. The number of methoxy groups -OCH3 is 2. The van der Waals surface area contributed by atoms with Crippen LogP contribution in [-0.4, -0.2) is 71.2 Å². The number of furan rings is 1. The Labute approximate surface area is 192 Å². The highest BCUT2D eigenvalue weighted by molar-refractivity contribution is 7.89. The van der Waals surface area contributed by atoms with Gasteiger partial charge in [0.25, 0.3) is 0 Å². The molecule has 1 aromatic heterocycles. The van der Waals surface area contributed by atoms with E-state index in [1.807, 2.05) is 0 Å². The topological polar surface area (TPSA) is 136 Å². The first kappa shape index (κ1) is 24.6. The van der Waals surface area contributed by atoms with Crippen molar-refractivity contribution in [3.63, 3.8) is 0 Å². The molecule has 0 radical (unpaired) electrons. The highest BCUT2D eigenvalue weighted by atomic mass is 32.2. The number of rotatable bonds is 9. The minimum atomic E-state index is -3.97. The number of hydrogen-bond donors (Lipinski definition) is 2. The molecule has 2 aromatic rings. The van der Waals surface area contributed by atoms with Crippen molar-refractivity contribution < 1.29 is 36.6 Å². The van der Waals surface area contributed by atoms with Gasteiger partial charge in [0.1, 0.15) is 12.0 Å². The van der Waals surface area contributed by atoms with Gasteiger partial charge in [-0.3, -0.25) is 9.59 Å². The average Bonchev–Trinajstić information content (AvgIpc) is 3.35. The second kappa shape index (κ2) is 11.2. The number of ether oxygens (including phenoxy) is 3. The highest BCUT2D eigenvalue weighted by Crippen LogP contribution is 2.31. The number of carbonyl (C=O) groups is 2. The molecule has 1 atom stereocenters. The molecule has 0 bridgehead atoms. The zero-order valence-electron chi connectivity index (χ0n) is 18.4. The Morgan fingerprint density at radius 1 is 1.12 bits per heavy atom. The summed E-state index contributed by atoms with van der Waals surface area (Å²) in [6.45, 7) is 0.566. The van der Waals surface area contributed by atoms with Gasteiger partial charge in [0, 0.05) is 25.6 Å². The van der Waals surface area contributed by atoms with Crippen molar-refractivity contribution in [3.05, 3.63) is 42.4 Å². The van der Waals surface area contributed by atoms with Crippen LogP contribution in [0.1, 0.15) is 12.2 Å². The molecule has 11 nitrogen and oxygen atoms in total. The first-order valence-corrected chi connectivity index (χ1v) is 11.7. The summed E-state index contributed by atoms with van der Waals surface area (Å²) in [5.74, 6) is -0.359. The van der Waals surface area contributed by atoms with Crippen LogP contribution in [0.25, 0.3) is 0 Å². The molecule has 3 rings (SSSR count). The summed E-state index contributed by atoms with van der Waals surface area (Å²) in [4.78, 5) is 24.2. The predicted octanol–water partition coefficient (Wildman–Crippen LogP) is 0.509. The molecule has 0 saturated carbocycles. The smallest absolute Gasteiger partial charge is 0.309 e. The quantitative estimate of drug-likeness (QED) is 0.495. The maximum Gasteiger partial charge on any atom is 0.309 e. The Balaban J connectivity index is 1.61. The van der Waals surface area contributed by atoms with Crippen LogP contribution in [0.3, 0.4) is 0 Å². The van der Waals surface area contributed by atoms with Crippen LogP contribution in [0, 0.1) is 0 Å². The van der Waals surface area contributed by atoms with Crippen molar-refractivity contribution >= 4 is 21.8 Å². The van der Waals surface area contributed by atoms with E-state index in [0.717, 1.165) is 4.31 Å². The normalized spacial score (nSPS) is 16.7. The predicted molar refractivity (Wildman–Crippen MR) is 116 cm³/mol. The monoisotopic (exact) mass is 481 g/mol. The second-order valence-corrected chi connectivity index (χ2v) is 9.00. The van der Waals surface area contributed by atoms with E-state index in [1.54, 1.807) is 12.1 Å². The van der Waals surface area contributed by atoms with Crippen LogP contribution >= 0.6 is 0 Å². The molecular weight excluding hydrogens is 454 g/mol. The summed E-state index contributed by atoms with van der Waals surface area (Å²) >= 11 is 0. The van der Waals surface area contributed by atoms with Crippen molar-refractivity contribution in [2.24, 2.45) is 0 Å². The van der Waals surface area contributed by atoms with Crippen molar-refractivity contribution in [1.82, 2.24) is 14.9 Å². The Bertz CT molecular complexity index is 1060. The summed E-state index contributed by atoms with van der Waals surface area (Å²) in [6.07, 6.45) is 1.49. The molecule has 1 fully saturated rings. The van der Waals surface area contributed by atoms with Crippen LogP contribution in [0.2, 0.25) is 0 Å². The second-order valence-electron chi connectivity index (χ2n) is 7.11. The molecule has 2 heterocycles. The molecule has 0 unspecified atom stereocenters. The third kappa shape index (κ3) is 6.03. The fourth-order valence-corrected chi connectivity index (χ4v) is 4.89. The van der Waals surface area contributed by atoms with Crippen molar-refractivity contribution in [2.75, 3.05) is 40.5 Å². The average molecular weight is 482 g/mol. The van der Waals surface area contributed by atoms with Crippen LogP contribution in [0.15, 0.2) is 45.9 Å². The lowest BCUT2D eigenvalue weighted by Gasteiger charge is -2.34.